The Bertz CT molecular complexity index is 1930. The van der Waals surface area contributed by atoms with Crippen LogP contribution in [0.25, 0.3) is 22.0 Å². The van der Waals surface area contributed by atoms with Gasteiger partial charge in [0.25, 0.3) is 5.91 Å². The van der Waals surface area contributed by atoms with Crippen LogP contribution in [0.3, 0.4) is 0 Å². The van der Waals surface area contributed by atoms with E-state index in [0.29, 0.717) is 41.6 Å². The number of nitrogens with two attached hydrogens (primary N) is 1. The number of fused-ring (bicyclic) bond motifs is 4. The number of benzene rings is 3. The van der Waals surface area contributed by atoms with Crippen LogP contribution >= 0.6 is 0 Å². The van der Waals surface area contributed by atoms with Crippen LogP contribution in [-0.4, -0.2) is 85.2 Å². The number of hydrogen-bond donors (Lipinski definition) is 4. The number of nitrogens with one attached hydrogen (secondary N) is 3. The van der Waals surface area contributed by atoms with Gasteiger partial charge in [-0.25, -0.2) is 4.79 Å². The highest BCUT2D eigenvalue weighted by Gasteiger charge is 2.30. The lowest BCUT2D eigenvalue weighted by atomic mass is 9.98. The molecule has 0 unspecified atom stereocenters. The van der Waals surface area contributed by atoms with E-state index in [1.165, 1.54) is 11.1 Å². The van der Waals surface area contributed by atoms with Gasteiger partial charge in [-0.05, 0) is 65.8 Å². The van der Waals surface area contributed by atoms with E-state index in [9.17, 15) is 24.4 Å². The highest BCUT2D eigenvalue weighted by Crippen LogP contribution is 2.44. The van der Waals surface area contributed by atoms with E-state index in [1.807, 2.05) is 36.4 Å². The fourth-order valence-electron chi connectivity index (χ4n) is 6.58. The van der Waals surface area contributed by atoms with Crippen molar-refractivity contribution in [3.05, 3.63) is 95.7 Å². The van der Waals surface area contributed by atoms with Crippen molar-refractivity contribution in [3.8, 4) is 22.9 Å². The number of alkyl carbamates (subject to hydrolysis) is 1. The Kier molecular flexibility index (Phi) is 11.0. The minimum Gasteiger partial charge on any atom is -0.494 e. The minimum atomic E-state index is -0.974. The normalized spacial score (nSPS) is 15.3. The van der Waals surface area contributed by atoms with Crippen molar-refractivity contribution in [2.75, 3.05) is 39.4 Å². The highest BCUT2D eigenvalue weighted by atomic mass is 16.5. The quantitative estimate of drug-likeness (QED) is 0.153. The molecule has 13 nitrogen and oxygen atoms in total. The first-order valence-electron chi connectivity index (χ1n) is 17.0. The maximum atomic E-state index is 13.0. The van der Waals surface area contributed by atoms with Gasteiger partial charge in [0.2, 0.25) is 11.8 Å². The molecule has 3 aromatic carbocycles. The van der Waals surface area contributed by atoms with E-state index in [0.717, 1.165) is 28.7 Å². The van der Waals surface area contributed by atoms with Gasteiger partial charge in [0.15, 0.2) is 0 Å². The van der Waals surface area contributed by atoms with Gasteiger partial charge < -0.3 is 36.1 Å². The van der Waals surface area contributed by atoms with E-state index < -0.39 is 30.0 Å². The fraction of sp³-hybridized carbons (Fsp3) is 0.316. The molecule has 1 aliphatic carbocycles. The third-order valence-corrected chi connectivity index (χ3v) is 9.16. The van der Waals surface area contributed by atoms with Crippen LogP contribution in [-0.2, 0) is 14.3 Å². The molecule has 0 radical (unpaired) electrons. The van der Waals surface area contributed by atoms with Gasteiger partial charge >= 0.3 is 6.09 Å². The summed E-state index contributed by atoms with van der Waals surface area (Å²) in [6.07, 6.45) is 2.64. The van der Waals surface area contributed by atoms with E-state index in [-0.39, 0.29) is 44.7 Å². The second kappa shape index (κ2) is 16.1. The lowest BCUT2D eigenvalue weighted by Crippen LogP contribution is -2.51. The summed E-state index contributed by atoms with van der Waals surface area (Å²) < 4.78 is 11.4. The Morgan fingerprint density at radius 3 is 2.47 bits per heavy atom. The van der Waals surface area contributed by atoms with E-state index in [2.05, 4.69) is 39.1 Å². The topological polar surface area (TPSA) is 189 Å². The molecular formula is C38H39N7O6. The smallest absolute Gasteiger partial charge is 0.407 e. The molecule has 262 valence electrons. The number of nitriles is 1. The van der Waals surface area contributed by atoms with Gasteiger partial charge in [0, 0.05) is 37.1 Å². The molecule has 2 heterocycles. The molecule has 13 heteroatoms. The van der Waals surface area contributed by atoms with Gasteiger partial charge in [-0.15, -0.1) is 0 Å². The second-order valence-electron chi connectivity index (χ2n) is 12.3. The maximum Gasteiger partial charge on any atom is 0.407 e. The number of carbonyl (C=O) groups excluding carboxylic acids is 4. The Morgan fingerprint density at radius 2 is 1.75 bits per heavy atom. The number of ether oxygens (including phenoxy) is 2. The summed E-state index contributed by atoms with van der Waals surface area (Å²) in [5, 5.41) is 17.8. The van der Waals surface area contributed by atoms with Crippen molar-refractivity contribution >= 4 is 34.7 Å². The van der Waals surface area contributed by atoms with Crippen molar-refractivity contribution in [3.63, 3.8) is 0 Å². The summed E-state index contributed by atoms with van der Waals surface area (Å²) in [6.45, 7) is 0.819. The van der Waals surface area contributed by atoms with E-state index >= 15 is 0 Å². The monoisotopic (exact) mass is 689 g/mol. The maximum absolute atomic E-state index is 13.0. The van der Waals surface area contributed by atoms with Crippen LogP contribution in [0.2, 0.25) is 0 Å². The van der Waals surface area contributed by atoms with Gasteiger partial charge in [-0.1, -0.05) is 48.5 Å². The highest BCUT2D eigenvalue weighted by molar-refractivity contribution is 6.07. The van der Waals surface area contributed by atoms with Crippen molar-refractivity contribution in [2.45, 2.75) is 37.3 Å². The van der Waals surface area contributed by atoms with Crippen molar-refractivity contribution in [1.29, 1.82) is 5.26 Å². The molecule has 1 aromatic heterocycles. The molecule has 0 saturated carbocycles. The summed E-state index contributed by atoms with van der Waals surface area (Å²) in [7, 11) is 0. The van der Waals surface area contributed by atoms with Crippen molar-refractivity contribution < 1.29 is 28.7 Å². The Balaban J connectivity index is 0.946. The van der Waals surface area contributed by atoms with Crippen LogP contribution in [0.5, 0.6) is 5.75 Å². The SMILES string of the molecule is N#C[C@@H]1CCCN1C(=O)CNC(=O)c1ccnc2ccc(OCCCNC(=O)[C@@H](CN)NC(=O)OCC3c4ccccc4-c4ccccc43)cc12. The van der Waals surface area contributed by atoms with Crippen LogP contribution in [0.1, 0.15) is 46.7 Å². The number of rotatable bonds is 13. The molecule has 5 N–H and O–H groups in total. The third-order valence-electron chi connectivity index (χ3n) is 9.16. The van der Waals surface area contributed by atoms with Crippen LogP contribution in [0.15, 0.2) is 79.0 Å². The number of amides is 4. The first-order valence-corrected chi connectivity index (χ1v) is 17.0. The molecule has 51 heavy (non-hydrogen) atoms. The number of carbonyl (C=O) groups is 4. The average molecular weight is 690 g/mol. The number of pyridine rings is 1. The van der Waals surface area contributed by atoms with Crippen LogP contribution < -0.4 is 26.4 Å². The molecule has 4 amide bonds. The lowest BCUT2D eigenvalue weighted by Gasteiger charge is -2.19. The summed E-state index contributed by atoms with van der Waals surface area (Å²) in [5.41, 5.74) is 11.1. The molecule has 2 aliphatic rings. The molecule has 0 spiro atoms. The van der Waals surface area contributed by atoms with Crippen LogP contribution in [0.4, 0.5) is 4.79 Å². The van der Waals surface area contributed by atoms with Crippen LogP contribution in [0, 0.1) is 11.3 Å². The minimum absolute atomic E-state index is 0.106. The van der Waals surface area contributed by atoms with E-state index in [1.54, 1.807) is 24.3 Å². The summed E-state index contributed by atoms with van der Waals surface area (Å²) in [4.78, 5) is 56.9. The molecule has 1 fully saturated rings. The fourth-order valence-corrected chi connectivity index (χ4v) is 6.58. The lowest BCUT2D eigenvalue weighted by molar-refractivity contribution is -0.130. The molecule has 4 aromatic rings. The first kappa shape index (κ1) is 34.8. The summed E-state index contributed by atoms with van der Waals surface area (Å²) in [5.74, 6) is -0.787. The predicted molar refractivity (Wildman–Crippen MR) is 189 cm³/mol. The number of aromatic nitrogens is 1. The van der Waals surface area contributed by atoms with Crippen molar-refractivity contribution in [1.82, 2.24) is 25.8 Å². The van der Waals surface area contributed by atoms with E-state index in [4.69, 9.17) is 15.2 Å². The molecule has 6 rings (SSSR count). The van der Waals surface area contributed by atoms with Gasteiger partial charge in [0.1, 0.15) is 24.4 Å². The molecule has 1 saturated heterocycles. The molecule has 1 aliphatic heterocycles. The predicted octanol–water partition coefficient (Wildman–Crippen LogP) is 3.23. The Hall–Kier alpha value is -6.00. The number of hydrogen-bond acceptors (Lipinski definition) is 9. The summed E-state index contributed by atoms with van der Waals surface area (Å²) in [6, 6.07) is 23.5. The first-order chi connectivity index (χ1) is 24.9. The number of nitrogens with zero attached hydrogens (tertiary/aromatic N) is 3. The number of likely N-dealkylation sites (tertiary alicyclic amines) is 1. The Morgan fingerprint density at radius 1 is 1.00 bits per heavy atom. The second-order valence-corrected chi connectivity index (χ2v) is 12.3. The third kappa shape index (κ3) is 7.92. The van der Waals surface area contributed by atoms with Gasteiger partial charge in [0.05, 0.1) is 30.3 Å². The summed E-state index contributed by atoms with van der Waals surface area (Å²) >= 11 is 0. The average Bonchev–Trinajstić information content (AvgIpc) is 3.77. The molecular weight excluding hydrogens is 650 g/mol. The molecule has 0 bridgehead atoms. The standard InChI is InChI=1S/C38H39N7O6/c39-20-24-7-5-17-45(24)35(46)22-43-36(47)30-14-16-41-33-13-12-25(19-31(30)33)50-18-6-15-42-37(48)34(21-40)44-38(49)51-23-32-28-10-3-1-8-26(28)27-9-2-4-11-29(27)32/h1-4,8-14,16,19,24,32,34H,5-7,15,17-18,21-23,40H2,(H,42,48)(H,43,47)(H,44,49)/t24-,34+/m0/s1. The van der Waals surface area contributed by atoms with Crippen molar-refractivity contribution in [2.24, 2.45) is 5.73 Å². The zero-order valence-electron chi connectivity index (χ0n) is 28.0. The molecule has 2 atom stereocenters. The largest absolute Gasteiger partial charge is 0.494 e. The zero-order valence-corrected chi connectivity index (χ0v) is 28.0. The zero-order chi connectivity index (χ0) is 35.7. The van der Waals surface area contributed by atoms with Gasteiger partial charge in [-0.2, -0.15) is 5.26 Å². The van der Waals surface area contributed by atoms with Gasteiger partial charge in [-0.3, -0.25) is 19.4 Å². The Labute approximate surface area is 295 Å².